The van der Waals surface area contributed by atoms with E-state index < -0.39 is 43.0 Å². The predicted octanol–water partition coefficient (Wildman–Crippen LogP) is 7.89. The minimum atomic E-state index is -0.859. The van der Waals surface area contributed by atoms with Crippen molar-refractivity contribution < 1.29 is 33.7 Å². The van der Waals surface area contributed by atoms with E-state index in [9.17, 15) is 19.5 Å². The van der Waals surface area contributed by atoms with Crippen LogP contribution in [0.4, 0.5) is 14.4 Å². The first-order valence-electron chi connectivity index (χ1n) is 18.6. The molecule has 0 spiro atoms. The minimum Gasteiger partial charge on any atom is -0.444 e. The molecule has 6 atom stereocenters. The van der Waals surface area contributed by atoms with E-state index in [1.54, 1.807) is 30.6 Å². The third kappa shape index (κ3) is 18.9. The van der Waals surface area contributed by atoms with Crippen LogP contribution >= 0.6 is 0 Å². The first-order chi connectivity index (χ1) is 23.7. The summed E-state index contributed by atoms with van der Waals surface area (Å²) in [7, 11) is -0.859. The highest BCUT2D eigenvalue weighted by Crippen LogP contribution is 2.35. The molecule has 14 heteroatoms. The van der Waals surface area contributed by atoms with E-state index in [-0.39, 0.29) is 48.9 Å². The molecule has 3 aliphatic heterocycles. The van der Waals surface area contributed by atoms with E-state index in [0.29, 0.717) is 31.2 Å². The molecule has 0 radical (unpaired) electrons. The summed E-state index contributed by atoms with van der Waals surface area (Å²) in [6.07, 6.45) is -1.86. The van der Waals surface area contributed by atoms with Crippen molar-refractivity contribution in [3.63, 3.8) is 0 Å². The van der Waals surface area contributed by atoms with Crippen molar-refractivity contribution in [3.05, 3.63) is 0 Å². The molecular formula is C39H70N6O7Si. The lowest BCUT2D eigenvalue weighted by molar-refractivity contribution is 0.0264. The lowest BCUT2D eigenvalue weighted by atomic mass is 10.0. The molecule has 1 N–H and O–H groups in total. The predicted molar refractivity (Wildman–Crippen MR) is 208 cm³/mol. The second-order valence-electron chi connectivity index (χ2n) is 19.4. The van der Waals surface area contributed by atoms with Gasteiger partial charge in [-0.15, -0.1) is 0 Å². The Labute approximate surface area is 321 Å². The second-order valence-corrected chi connectivity index (χ2v) is 25.4. The average Bonchev–Trinajstić information content (AvgIpc) is 3.65. The van der Waals surface area contributed by atoms with E-state index in [1.807, 2.05) is 61.5 Å². The van der Waals surface area contributed by atoms with Gasteiger partial charge in [-0.25, -0.2) is 14.4 Å². The molecule has 53 heavy (non-hydrogen) atoms. The Kier molecular flexibility index (Phi) is 18.4. The third-order valence-corrected chi connectivity index (χ3v) is 13.7. The van der Waals surface area contributed by atoms with Crippen LogP contribution < -0.4 is 0 Å². The van der Waals surface area contributed by atoms with Crippen molar-refractivity contribution in [2.75, 3.05) is 39.3 Å². The normalized spacial score (nSPS) is 24.4. The summed E-state index contributed by atoms with van der Waals surface area (Å²) in [6.45, 7) is 37.2. The van der Waals surface area contributed by atoms with Crippen molar-refractivity contribution in [1.29, 1.82) is 15.8 Å². The number of amides is 3. The van der Waals surface area contributed by atoms with E-state index >= 15 is 0 Å². The van der Waals surface area contributed by atoms with Crippen LogP contribution in [0.25, 0.3) is 0 Å². The summed E-state index contributed by atoms with van der Waals surface area (Å²) in [6, 6.07) is 6.39. The van der Waals surface area contributed by atoms with E-state index in [2.05, 4.69) is 52.6 Å². The summed E-state index contributed by atoms with van der Waals surface area (Å²) >= 11 is 0. The second kappa shape index (κ2) is 19.7. The van der Waals surface area contributed by atoms with Gasteiger partial charge < -0.3 is 34.0 Å². The maximum atomic E-state index is 11.7. The zero-order valence-electron chi connectivity index (χ0n) is 35.8. The molecule has 3 rings (SSSR count). The molecule has 3 aliphatic rings. The summed E-state index contributed by atoms with van der Waals surface area (Å²) in [4.78, 5) is 39.5. The zero-order chi connectivity index (χ0) is 41.9. The maximum Gasteiger partial charge on any atom is 0.410 e. The van der Waals surface area contributed by atoms with Crippen molar-refractivity contribution in [2.45, 2.75) is 145 Å². The van der Waals surface area contributed by atoms with Crippen LogP contribution in [0.2, 0.25) is 24.7 Å². The number of hydrogen-bond donors (Lipinski definition) is 1. The fourth-order valence-corrected chi connectivity index (χ4v) is 4.61. The molecule has 3 amide bonds. The van der Waals surface area contributed by atoms with Crippen LogP contribution in [-0.2, 0) is 14.2 Å². The standard InChI is InChI=1S/2C11H18N2O2.C10H16N2O3.C7H18Si/c2*1-8-6-13(7-9(8)5-12)10(14)15-11(2,3)4;1-10(2,3)15-9(14)12-5-7(4-11)8(13)6-12;1-7(2,3)8(4,5)6/h2*8-9H,6-7H2,1-4H3;7-8,13H,5-6H2,1-3H3;1-6H3/t8-,9+;8-,9-;;/m01../s1. The fraction of sp³-hybridized carbons (Fsp3) is 0.846. The average molecular weight is 763 g/mol. The number of nitriles is 3. The Bertz CT molecular complexity index is 1180. The lowest BCUT2D eigenvalue weighted by Gasteiger charge is -2.32. The Morgan fingerprint density at radius 3 is 0.981 bits per heavy atom. The monoisotopic (exact) mass is 763 g/mol. The van der Waals surface area contributed by atoms with Crippen LogP contribution in [0, 0.1) is 63.6 Å². The summed E-state index contributed by atoms with van der Waals surface area (Å²) in [5.41, 5.74) is -1.48. The molecular weight excluding hydrogens is 693 g/mol. The lowest BCUT2D eigenvalue weighted by Crippen LogP contribution is -2.35. The molecule has 0 aliphatic carbocycles. The molecule has 302 valence electrons. The third-order valence-electron chi connectivity index (χ3n) is 9.22. The largest absolute Gasteiger partial charge is 0.444 e. The Morgan fingerprint density at radius 1 is 0.547 bits per heavy atom. The van der Waals surface area contributed by atoms with Gasteiger partial charge in [0.1, 0.15) is 16.8 Å². The minimum absolute atomic E-state index is 0.0579. The molecule has 3 saturated heterocycles. The summed E-state index contributed by atoms with van der Waals surface area (Å²) in [5, 5.41) is 36.4. The topological polar surface area (TPSA) is 180 Å². The quantitative estimate of drug-likeness (QED) is 0.188. The number of carbonyl (C=O) groups excluding carboxylic acids is 3. The Balaban J connectivity index is 0.000000697. The van der Waals surface area contributed by atoms with Crippen LogP contribution in [0.3, 0.4) is 0 Å². The number of hydrogen-bond acceptors (Lipinski definition) is 10. The van der Waals surface area contributed by atoms with Crippen molar-refractivity contribution >= 4 is 26.4 Å². The van der Waals surface area contributed by atoms with Crippen molar-refractivity contribution in [2.24, 2.45) is 29.6 Å². The van der Waals surface area contributed by atoms with Gasteiger partial charge in [-0.1, -0.05) is 54.3 Å². The van der Waals surface area contributed by atoms with Gasteiger partial charge in [0.15, 0.2) is 0 Å². The summed E-state index contributed by atoms with van der Waals surface area (Å²) in [5.74, 6) is -0.141. The Hall–Kier alpha value is -3.54. The maximum absolute atomic E-state index is 11.7. The van der Waals surface area contributed by atoms with Crippen molar-refractivity contribution in [1.82, 2.24) is 14.7 Å². The number of likely N-dealkylation sites (tertiary alicyclic amines) is 3. The SMILES string of the molecule is CC(C)(C)OC(=O)N1CC(O)C(C#N)C1.CC(C)(C)[Si](C)(C)C.C[C@@H]1CN(C(=O)OC(C)(C)C)C[C@H]1C#N.C[C@H]1CN(C(=O)OC(C)(C)C)C[C@H]1C#N. The highest BCUT2D eigenvalue weighted by Gasteiger charge is 2.37. The number of β-amino-alcohol motifs (C(OH)–C–C–N with tert-alkyl or cyclic N) is 1. The molecule has 0 bridgehead atoms. The number of aliphatic hydroxyl groups excluding tert-OH is 1. The number of aliphatic hydroxyl groups is 1. The van der Waals surface area contributed by atoms with Gasteiger partial charge in [-0.3, -0.25) is 0 Å². The summed E-state index contributed by atoms with van der Waals surface area (Å²) < 4.78 is 15.6. The highest BCUT2D eigenvalue weighted by molar-refractivity contribution is 6.78. The van der Waals surface area contributed by atoms with Gasteiger partial charge in [-0.05, 0) is 79.2 Å². The number of nitrogens with zero attached hydrogens (tertiary/aromatic N) is 6. The molecule has 13 nitrogen and oxygen atoms in total. The molecule has 0 aromatic heterocycles. The van der Waals surface area contributed by atoms with E-state index in [4.69, 9.17) is 30.0 Å². The molecule has 0 aromatic carbocycles. The first kappa shape index (κ1) is 49.5. The number of carbonyl (C=O) groups is 3. The highest BCUT2D eigenvalue weighted by atomic mass is 28.3. The van der Waals surface area contributed by atoms with Gasteiger partial charge in [0.2, 0.25) is 0 Å². The zero-order valence-corrected chi connectivity index (χ0v) is 36.8. The van der Waals surface area contributed by atoms with Gasteiger partial charge >= 0.3 is 18.3 Å². The van der Waals surface area contributed by atoms with Crippen LogP contribution in [0.5, 0.6) is 0 Å². The van der Waals surface area contributed by atoms with Crippen LogP contribution in [0.15, 0.2) is 0 Å². The molecule has 2 unspecified atom stereocenters. The fourth-order valence-electron chi connectivity index (χ4n) is 4.61. The van der Waals surface area contributed by atoms with Crippen LogP contribution in [-0.4, -0.2) is 108 Å². The first-order valence-corrected chi connectivity index (χ1v) is 22.1. The van der Waals surface area contributed by atoms with Gasteiger partial charge in [0.25, 0.3) is 0 Å². The Morgan fingerprint density at radius 2 is 0.792 bits per heavy atom. The van der Waals surface area contributed by atoms with Gasteiger partial charge in [-0.2, -0.15) is 15.8 Å². The van der Waals surface area contributed by atoms with Crippen LogP contribution in [0.1, 0.15) is 96.9 Å². The van der Waals surface area contributed by atoms with Gasteiger partial charge in [0, 0.05) is 40.8 Å². The van der Waals surface area contributed by atoms with Crippen molar-refractivity contribution in [3.8, 4) is 18.2 Å². The van der Waals surface area contributed by atoms with E-state index in [0.717, 1.165) is 0 Å². The molecule has 0 aromatic rings. The van der Waals surface area contributed by atoms with E-state index in [1.165, 1.54) is 4.90 Å². The number of rotatable bonds is 0. The molecule has 3 heterocycles. The molecule has 3 fully saturated rings. The number of ether oxygens (including phenoxy) is 3. The molecule has 0 saturated carbocycles. The smallest absolute Gasteiger partial charge is 0.410 e. The van der Waals surface area contributed by atoms with Gasteiger partial charge in [0.05, 0.1) is 48.6 Å².